The minimum atomic E-state index is 0.498. The number of nitrogens with one attached hydrogen (secondary N) is 1. The summed E-state index contributed by atoms with van der Waals surface area (Å²) in [4.78, 5) is 0. The lowest BCUT2D eigenvalue weighted by Crippen LogP contribution is -2.14. The molecule has 0 spiro atoms. The predicted octanol–water partition coefficient (Wildman–Crippen LogP) is 3.76. The summed E-state index contributed by atoms with van der Waals surface area (Å²) in [5.41, 5.74) is 0.808. The molecule has 0 aliphatic rings. The summed E-state index contributed by atoms with van der Waals surface area (Å²) in [5.74, 6) is 2.54. The molecule has 0 saturated heterocycles. The van der Waals surface area contributed by atoms with Crippen LogP contribution in [-0.4, -0.2) is 6.54 Å². The zero-order chi connectivity index (χ0) is 11.3. The second-order valence-electron chi connectivity index (χ2n) is 2.95. The molecule has 0 radical (unpaired) electrons. The maximum Gasteiger partial charge on any atom is 0.0652 e. The van der Waals surface area contributed by atoms with Crippen molar-refractivity contribution in [1.29, 1.82) is 0 Å². The Hall–Kier alpha value is -0.390. The third-order valence-corrected chi connectivity index (χ3v) is 3.08. The SMILES string of the molecule is C#CCCNCc1c(Cl)ccc(Cl)c1Cl. The summed E-state index contributed by atoms with van der Waals surface area (Å²) in [5, 5.41) is 4.76. The van der Waals surface area contributed by atoms with E-state index in [2.05, 4.69) is 11.2 Å². The molecule has 1 N–H and O–H groups in total. The van der Waals surface area contributed by atoms with Gasteiger partial charge >= 0.3 is 0 Å². The summed E-state index contributed by atoms with van der Waals surface area (Å²) < 4.78 is 0. The van der Waals surface area contributed by atoms with E-state index in [0.717, 1.165) is 12.1 Å². The van der Waals surface area contributed by atoms with Crippen molar-refractivity contribution in [2.75, 3.05) is 6.54 Å². The average molecular weight is 263 g/mol. The molecule has 0 fully saturated rings. The van der Waals surface area contributed by atoms with Gasteiger partial charge in [0.15, 0.2) is 0 Å². The van der Waals surface area contributed by atoms with Gasteiger partial charge in [-0.2, -0.15) is 0 Å². The predicted molar refractivity (Wildman–Crippen MR) is 66.6 cm³/mol. The first kappa shape index (κ1) is 12.7. The molecule has 80 valence electrons. The highest BCUT2D eigenvalue weighted by atomic mass is 35.5. The molecule has 1 nitrogen and oxygen atoms in total. The molecule has 0 unspecified atom stereocenters. The van der Waals surface area contributed by atoms with Crippen molar-refractivity contribution in [3.8, 4) is 12.3 Å². The van der Waals surface area contributed by atoms with E-state index in [9.17, 15) is 0 Å². The van der Waals surface area contributed by atoms with E-state index in [1.807, 2.05) is 0 Å². The monoisotopic (exact) mass is 261 g/mol. The number of hydrogen-bond donors (Lipinski definition) is 1. The summed E-state index contributed by atoms with van der Waals surface area (Å²) in [7, 11) is 0. The molecule has 0 saturated carbocycles. The number of benzene rings is 1. The third kappa shape index (κ3) is 3.59. The molecule has 1 aromatic carbocycles. The Morgan fingerprint density at radius 1 is 1.20 bits per heavy atom. The van der Waals surface area contributed by atoms with Crippen molar-refractivity contribution in [1.82, 2.24) is 5.32 Å². The molecular formula is C11H10Cl3N. The molecule has 1 rings (SSSR count). The van der Waals surface area contributed by atoms with Crippen molar-refractivity contribution in [3.63, 3.8) is 0 Å². The zero-order valence-corrected chi connectivity index (χ0v) is 10.3. The molecule has 0 bridgehead atoms. The smallest absolute Gasteiger partial charge is 0.0652 e. The molecule has 0 amide bonds. The zero-order valence-electron chi connectivity index (χ0n) is 7.99. The lowest BCUT2D eigenvalue weighted by atomic mass is 10.2. The van der Waals surface area contributed by atoms with Crippen LogP contribution in [0, 0.1) is 12.3 Å². The fourth-order valence-electron chi connectivity index (χ4n) is 1.11. The van der Waals surface area contributed by atoms with Crippen molar-refractivity contribution < 1.29 is 0 Å². The number of hydrogen-bond acceptors (Lipinski definition) is 1. The maximum absolute atomic E-state index is 6.01. The van der Waals surface area contributed by atoms with E-state index in [1.54, 1.807) is 12.1 Å². The van der Waals surface area contributed by atoms with Crippen LogP contribution in [0.2, 0.25) is 15.1 Å². The van der Waals surface area contributed by atoms with Crippen LogP contribution < -0.4 is 5.32 Å². The summed E-state index contributed by atoms with van der Waals surface area (Å²) in [6.07, 6.45) is 5.81. The lowest BCUT2D eigenvalue weighted by molar-refractivity contribution is 0.701. The van der Waals surface area contributed by atoms with E-state index in [1.165, 1.54) is 0 Å². The van der Waals surface area contributed by atoms with Gasteiger partial charge < -0.3 is 5.32 Å². The van der Waals surface area contributed by atoms with E-state index in [-0.39, 0.29) is 0 Å². The lowest BCUT2D eigenvalue weighted by Gasteiger charge is -2.08. The van der Waals surface area contributed by atoms with E-state index >= 15 is 0 Å². The first-order valence-corrected chi connectivity index (χ1v) is 5.56. The maximum atomic E-state index is 6.01. The molecule has 0 aliphatic carbocycles. The summed E-state index contributed by atoms with van der Waals surface area (Å²) in [6, 6.07) is 3.41. The first-order valence-electron chi connectivity index (χ1n) is 4.43. The fraction of sp³-hybridized carbons (Fsp3) is 0.273. The van der Waals surface area contributed by atoms with Gasteiger partial charge in [0.1, 0.15) is 0 Å². The van der Waals surface area contributed by atoms with E-state index in [0.29, 0.717) is 28.0 Å². The first-order chi connectivity index (χ1) is 7.16. The number of rotatable bonds is 4. The van der Waals surface area contributed by atoms with Gasteiger partial charge in [0.05, 0.1) is 10.0 Å². The Bertz CT molecular complexity index is 382. The Morgan fingerprint density at radius 2 is 1.87 bits per heavy atom. The molecule has 4 heteroatoms. The standard InChI is InChI=1S/C11H10Cl3N/c1-2-3-6-15-7-8-9(12)4-5-10(13)11(8)14/h1,4-5,15H,3,6-7H2. The summed E-state index contributed by atoms with van der Waals surface area (Å²) in [6.45, 7) is 1.30. The Kier molecular flexibility index (Phi) is 5.28. The molecule has 0 aliphatic heterocycles. The molecule has 15 heavy (non-hydrogen) atoms. The third-order valence-electron chi connectivity index (χ3n) is 1.89. The van der Waals surface area contributed by atoms with Crippen molar-refractivity contribution in [2.24, 2.45) is 0 Å². The van der Waals surface area contributed by atoms with Crippen LogP contribution in [0.4, 0.5) is 0 Å². The van der Waals surface area contributed by atoms with Crippen LogP contribution in [0.5, 0.6) is 0 Å². The van der Waals surface area contributed by atoms with Gasteiger partial charge in [-0.25, -0.2) is 0 Å². The van der Waals surface area contributed by atoms with Crippen molar-refractivity contribution >= 4 is 34.8 Å². The second kappa shape index (κ2) is 6.25. The molecule has 0 atom stereocenters. The molecular weight excluding hydrogens is 252 g/mol. The van der Waals surface area contributed by atoms with Crippen LogP contribution >= 0.6 is 34.8 Å². The van der Waals surface area contributed by atoms with Crippen molar-refractivity contribution in [3.05, 3.63) is 32.8 Å². The highest BCUT2D eigenvalue weighted by molar-refractivity contribution is 6.44. The second-order valence-corrected chi connectivity index (χ2v) is 4.15. The van der Waals surface area contributed by atoms with Crippen LogP contribution in [0.15, 0.2) is 12.1 Å². The van der Waals surface area contributed by atoms with Crippen LogP contribution in [0.25, 0.3) is 0 Å². The van der Waals surface area contributed by atoms with Gasteiger partial charge in [0.25, 0.3) is 0 Å². The number of terminal acetylenes is 1. The summed E-state index contributed by atoms with van der Waals surface area (Å²) >= 11 is 17.9. The van der Waals surface area contributed by atoms with E-state index < -0.39 is 0 Å². The van der Waals surface area contributed by atoms with Crippen LogP contribution in [0.1, 0.15) is 12.0 Å². The Morgan fingerprint density at radius 3 is 2.53 bits per heavy atom. The van der Waals surface area contributed by atoms with E-state index in [4.69, 9.17) is 41.2 Å². The van der Waals surface area contributed by atoms with Gasteiger partial charge in [-0.1, -0.05) is 34.8 Å². The fourth-order valence-corrected chi connectivity index (χ4v) is 1.79. The largest absolute Gasteiger partial charge is 0.312 e. The normalized spacial score (nSPS) is 10.0. The highest BCUT2D eigenvalue weighted by Crippen LogP contribution is 2.31. The van der Waals surface area contributed by atoms with Gasteiger partial charge in [-0.05, 0) is 12.1 Å². The topological polar surface area (TPSA) is 12.0 Å². The quantitative estimate of drug-likeness (QED) is 0.495. The van der Waals surface area contributed by atoms with Gasteiger partial charge in [-0.15, -0.1) is 12.3 Å². The Labute approximate surface area is 105 Å². The van der Waals surface area contributed by atoms with Crippen LogP contribution in [0.3, 0.4) is 0 Å². The van der Waals surface area contributed by atoms with Gasteiger partial charge in [-0.3, -0.25) is 0 Å². The van der Waals surface area contributed by atoms with Crippen molar-refractivity contribution in [2.45, 2.75) is 13.0 Å². The highest BCUT2D eigenvalue weighted by Gasteiger charge is 2.08. The van der Waals surface area contributed by atoms with Gasteiger partial charge in [0, 0.05) is 30.1 Å². The van der Waals surface area contributed by atoms with Gasteiger partial charge in [0.2, 0.25) is 0 Å². The number of halogens is 3. The Balaban J connectivity index is 2.68. The minimum Gasteiger partial charge on any atom is -0.312 e. The molecule has 1 aromatic rings. The molecule has 0 heterocycles. The average Bonchev–Trinajstić information content (AvgIpc) is 2.23. The molecule has 0 aromatic heterocycles. The van der Waals surface area contributed by atoms with Crippen LogP contribution in [-0.2, 0) is 6.54 Å². The minimum absolute atomic E-state index is 0.498.